The van der Waals surface area contributed by atoms with Gasteiger partial charge in [-0.2, -0.15) is 0 Å². The van der Waals surface area contributed by atoms with Crippen LogP contribution >= 0.6 is 22.6 Å². The molecule has 0 saturated heterocycles. The topological polar surface area (TPSA) is 37.8 Å². The second-order valence-corrected chi connectivity index (χ2v) is 5.56. The lowest BCUT2D eigenvalue weighted by Crippen LogP contribution is -2.04. The largest absolute Gasteiger partial charge is 0.372 e. The van der Waals surface area contributed by atoms with E-state index in [-0.39, 0.29) is 0 Å². The molecule has 0 bridgehead atoms. The number of halogens is 1. The Morgan fingerprint density at radius 1 is 1.17 bits per heavy atom. The average Bonchev–Trinajstić information content (AvgIpc) is 3.24. The van der Waals surface area contributed by atoms with Crippen molar-refractivity contribution < 1.29 is 0 Å². The molecule has 1 aromatic carbocycles. The molecule has 18 heavy (non-hydrogen) atoms. The predicted molar refractivity (Wildman–Crippen MR) is 81.7 cm³/mol. The third-order valence-electron chi connectivity index (χ3n) is 3.11. The number of nitrogens with one attached hydrogen (secondary N) is 1. The lowest BCUT2D eigenvalue weighted by atomic mass is 10.2. The van der Waals surface area contributed by atoms with E-state index < -0.39 is 0 Å². The smallest absolute Gasteiger partial charge is 0.161 e. The highest BCUT2D eigenvalue weighted by atomic mass is 127. The van der Waals surface area contributed by atoms with E-state index in [0.29, 0.717) is 5.92 Å². The Balaban J connectivity index is 2.13. The van der Waals surface area contributed by atoms with Crippen molar-refractivity contribution in [3.63, 3.8) is 0 Å². The van der Waals surface area contributed by atoms with E-state index in [9.17, 15) is 0 Å². The zero-order valence-electron chi connectivity index (χ0n) is 10.2. The molecule has 1 aromatic heterocycles. The molecule has 0 aliphatic heterocycles. The standard InChI is InChI=1S/C14H14IN3/c1-16-14-11(15)12(9-7-8-9)17-13(18-14)10-5-3-2-4-6-10/h2-6,9H,7-8H2,1H3,(H,16,17,18). The summed E-state index contributed by atoms with van der Waals surface area (Å²) in [5.41, 5.74) is 2.28. The first kappa shape index (κ1) is 11.9. The third kappa shape index (κ3) is 2.21. The summed E-state index contributed by atoms with van der Waals surface area (Å²) < 4.78 is 1.16. The molecule has 2 aromatic rings. The Kier molecular flexibility index (Phi) is 3.20. The SMILES string of the molecule is CNc1nc(-c2ccccc2)nc(C2CC2)c1I. The van der Waals surface area contributed by atoms with Crippen LogP contribution in [0.25, 0.3) is 11.4 Å². The molecule has 1 aliphatic carbocycles. The summed E-state index contributed by atoms with van der Waals surface area (Å²) in [4.78, 5) is 9.36. The predicted octanol–water partition coefficient (Wildman–Crippen LogP) is 3.67. The van der Waals surface area contributed by atoms with Gasteiger partial charge in [0.1, 0.15) is 5.82 Å². The first-order valence-electron chi connectivity index (χ1n) is 6.10. The first-order valence-corrected chi connectivity index (χ1v) is 7.18. The first-order chi connectivity index (χ1) is 8.79. The normalized spacial score (nSPS) is 14.6. The Morgan fingerprint density at radius 3 is 2.50 bits per heavy atom. The van der Waals surface area contributed by atoms with Crippen LogP contribution in [0.2, 0.25) is 0 Å². The Labute approximate surface area is 120 Å². The lowest BCUT2D eigenvalue weighted by Gasteiger charge is -2.10. The van der Waals surface area contributed by atoms with Gasteiger partial charge in [0.2, 0.25) is 0 Å². The third-order valence-corrected chi connectivity index (χ3v) is 4.17. The number of hydrogen-bond donors (Lipinski definition) is 1. The van der Waals surface area contributed by atoms with Crippen molar-refractivity contribution in [2.45, 2.75) is 18.8 Å². The van der Waals surface area contributed by atoms with Gasteiger partial charge in [-0.25, -0.2) is 9.97 Å². The lowest BCUT2D eigenvalue weighted by molar-refractivity contribution is 0.979. The van der Waals surface area contributed by atoms with Crippen molar-refractivity contribution in [3.05, 3.63) is 39.6 Å². The Morgan fingerprint density at radius 2 is 1.89 bits per heavy atom. The van der Waals surface area contributed by atoms with Crippen LogP contribution in [-0.2, 0) is 0 Å². The summed E-state index contributed by atoms with van der Waals surface area (Å²) >= 11 is 2.34. The molecule has 0 unspecified atom stereocenters. The molecule has 1 N–H and O–H groups in total. The summed E-state index contributed by atoms with van der Waals surface area (Å²) in [7, 11) is 1.91. The number of rotatable bonds is 3. The molecule has 0 radical (unpaired) electrons. The van der Waals surface area contributed by atoms with Crippen molar-refractivity contribution in [2.75, 3.05) is 12.4 Å². The summed E-state index contributed by atoms with van der Waals surface area (Å²) in [6.45, 7) is 0. The maximum absolute atomic E-state index is 4.75. The van der Waals surface area contributed by atoms with Gasteiger partial charge >= 0.3 is 0 Å². The molecule has 1 heterocycles. The van der Waals surface area contributed by atoms with Gasteiger partial charge in [0.05, 0.1) is 9.26 Å². The highest BCUT2D eigenvalue weighted by Gasteiger charge is 2.29. The summed E-state index contributed by atoms with van der Waals surface area (Å²) in [6.07, 6.45) is 2.51. The number of benzene rings is 1. The fourth-order valence-electron chi connectivity index (χ4n) is 1.97. The second-order valence-electron chi connectivity index (χ2n) is 4.49. The van der Waals surface area contributed by atoms with Crippen molar-refractivity contribution in [1.82, 2.24) is 9.97 Å². The van der Waals surface area contributed by atoms with Gasteiger partial charge < -0.3 is 5.32 Å². The van der Waals surface area contributed by atoms with Gasteiger partial charge in [-0.1, -0.05) is 30.3 Å². The van der Waals surface area contributed by atoms with Gasteiger partial charge in [-0.3, -0.25) is 0 Å². The molecule has 4 heteroatoms. The molecular weight excluding hydrogens is 337 g/mol. The number of anilines is 1. The zero-order valence-corrected chi connectivity index (χ0v) is 12.3. The number of nitrogens with zero attached hydrogens (tertiary/aromatic N) is 2. The number of hydrogen-bond acceptors (Lipinski definition) is 3. The highest BCUT2D eigenvalue weighted by molar-refractivity contribution is 14.1. The van der Waals surface area contributed by atoms with Crippen molar-refractivity contribution in [2.24, 2.45) is 0 Å². The molecule has 92 valence electrons. The highest BCUT2D eigenvalue weighted by Crippen LogP contribution is 2.42. The minimum atomic E-state index is 0.634. The van der Waals surface area contributed by atoms with Crippen LogP contribution in [0.4, 0.5) is 5.82 Å². The van der Waals surface area contributed by atoms with Gasteiger partial charge in [-0.15, -0.1) is 0 Å². The van der Waals surface area contributed by atoms with Crippen LogP contribution in [0, 0.1) is 3.57 Å². The molecule has 1 aliphatic rings. The van der Waals surface area contributed by atoms with Crippen molar-refractivity contribution in [1.29, 1.82) is 0 Å². The van der Waals surface area contributed by atoms with Crippen LogP contribution in [0.15, 0.2) is 30.3 Å². The van der Waals surface area contributed by atoms with Crippen molar-refractivity contribution >= 4 is 28.4 Å². The van der Waals surface area contributed by atoms with E-state index in [1.165, 1.54) is 18.5 Å². The van der Waals surface area contributed by atoms with Gasteiger partial charge in [0.25, 0.3) is 0 Å². The molecule has 3 nitrogen and oxygen atoms in total. The number of aromatic nitrogens is 2. The minimum absolute atomic E-state index is 0.634. The Hall–Kier alpha value is -1.17. The van der Waals surface area contributed by atoms with E-state index in [1.807, 2.05) is 25.2 Å². The van der Waals surface area contributed by atoms with E-state index in [2.05, 4.69) is 45.0 Å². The van der Waals surface area contributed by atoms with Gasteiger partial charge in [-0.05, 0) is 35.4 Å². The minimum Gasteiger partial charge on any atom is -0.372 e. The molecule has 0 atom stereocenters. The van der Waals surface area contributed by atoms with Crippen LogP contribution < -0.4 is 5.32 Å². The molecule has 1 fully saturated rings. The maximum Gasteiger partial charge on any atom is 0.161 e. The molecule has 0 amide bonds. The molecule has 1 saturated carbocycles. The van der Waals surface area contributed by atoms with E-state index >= 15 is 0 Å². The summed E-state index contributed by atoms with van der Waals surface area (Å²) in [5, 5.41) is 3.17. The molecule has 0 spiro atoms. The molecule has 3 rings (SSSR count). The average molecular weight is 351 g/mol. The fourth-order valence-corrected chi connectivity index (χ4v) is 2.93. The van der Waals surface area contributed by atoms with Gasteiger partial charge in [0.15, 0.2) is 5.82 Å². The summed E-state index contributed by atoms with van der Waals surface area (Å²) in [6, 6.07) is 10.2. The van der Waals surface area contributed by atoms with Crippen LogP contribution in [-0.4, -0.2) is 17.0 Å². The van der Waals surface area contributed by atoms with E-state index in [0.717, 1.165) is 20.8 Å². The van der Waals surface area contributed by atoms with Gasteiger partial charge in [0, 0.05) is 18.5 Å². The quantitative estimate of drug-likeness (QED) is 0.858. The van der Waals surface area contributed by atoms with Crippen molar-refractivity contribution in [3.8, 4) is 11.4 Å². The second kappa shape index (κ2) is 4.84. The molecular formula is C14H14IN3. The summed E-state index contributed by atoms with van der Waals surface area (Å²) in [5.74, 6) is 2.39. The van der Waals surface area contributed by atoms with Crippen LogP contribution in [0.5, 0.6) is 0 Å². The van der Waals surface area contributed by atoms with E-state index in [1.54, 1.807) is 0 Å². The maximum atomic E-state index is 4.75. The van der Waals surface area contributed by atoms with E-state index in [4.69, 9.17) is 4.98 Å². The monoisotopic (exact) mass is 351 g/mol. The Bertz CT molecular complexity index is 565. The van der Waals surface area contributed by atoms with Crippen LogP contribution in [0.3, 0.4) is 0 Å². The fraction of sp³-hybridized carbons (Fsp3) is 0.286. The zero-order chi connectivity index (χ0) is 12.5. The van der Waals surface area contributed by atoms with Crippen LogP contribution in [0.1, 0.15) is 24.5 Å².